The minimum atomic E-state index is 0.524. The van der Waals surface area contributed by atoms with Gasteiger partial charge in [-0.15, -0.1) is 0 Å². The van der Waals surface area contributed by atoms with Gasteiger partial charge in [-0.1, -0.05) is 13.3 Å². The van der Waals surface area contributed by atoms with Crippen LogP contribution in [-0.2, 0) is 0 Å². The molecule has 0 bridgehead atoms. The summed E-state index contributed by atoms with van der Waals surface area (Å²) < 4.78 is 5.43. The van der Waals surface area contributed by atoms with Gasteiger partial charge in [-0.3, -0.25) is 0 Å². The molecule has 1 fully saturated rings. The second-order valence-electron chi connectivity index (χ2n) is 5.68. The van der Waals surface area contributed by atoms with Gasteiger partial charge in [0.2, 0.25) is 0 Å². The second-order valence-corrected chi connectivity index (χ2v) is 6.09. The zero-order valence-electron chi connectivity index (χ0n) is 13.0. The number of rotatable bonds is 5. The first-order valence-corrected chi connectivity index (χ1v) is 8.42. The molecule has 1 aromatic carbocycles. The SMILES string of the molecule is CCOc1ccc(NC(=S)NC2CCC(CC)CC2)cc1. The fourth-order valence-corrected chi connectivity index (χ4v) is 3.15. The number of ether oxygens (including phenoxy) is 1. The first-order chi connectivity index (χ1) is 10.2. The summed E-state index contributed by atoms with van der Waals surface area (Å²) in [5.74, 6) is 1.80. The van der Waals surface area contributed by atoms with Gasteiger partial charge in [-0.05, 0) is 75.0 Å². The minimum absolute atomic E-state index is 0.524. The van der Waals surface area contributed by atoms with Gasteiger partial charge in [-0.2, -0.15) is 0 Å². The Bertz CT molecular complexity index is 439. The fraction of sp³-hybridized carbons (Fsp3) is 0.588. The van der Waals surface area contributed by atoms with Gasteiger partial charge in [0.05, 0.1) is 6.61 Å². The van der Waals surface area contributed by atoms with Gasteiger partial charge in [-0.25, -0.2) is 0 Å². The van der Waals surface area contributed by atoms with Crippen LogP contribution in [0.15, 0.2) is 24.3 Å². The van der Waals surface area contributed by atoms with Crippen molar-refractivity contribution in [1.29, 1.82) is 0 Å². The van der Waals surface area contributed by atoms with E-state index < -0.39 is 0 Å². The number of thiocarbonyl (C=S) groups is 1. The van der Waals surface area contributed by atoms with Crippen LogP contribution in [0.3, 0.4) is 0 Å². The van der Waals surface area contributed by atoms with E-state index in [1.807, 2.05) is 31.2 Å². The summed E-state index contributed by atoms with van der Waals surface area (Å²) >= 11 is 5.41. The highest BCUT2D eigenvalue weighted by Crippen LogP contribution is 2.26. The predicted octanol–water partition coefficient (Wildman–Crippen LogP) is 4.34. The van der Waals surface area contributed by atoms with E-state index in [1.54, 1.807) is 0 Å². The Labute approximate surface area is 133 Å². The third-order valence-corrected chi connectivity index (χ3v) is 4.40. The molecule has 0 unspecified atom stereocenters. The molecule has 21 heavy (non-hydrogen) atoms. The maximum Gasteiger partial charge on any atom is 0.170 e. The minimum Gasteiger partial charge on any atom is -0.494 e. The van der Waals surface area contributed by atoms with Crippen molar-refractivity contribution in [3.8, 4) is 5.75 Å². The van der Waals surface area contributed by atoms with Crippen molar-refractivity contribution >= 4 is 23.0 Å². The number of nitrogens with one attached hydrogen (secondary N) is 2. The summed E-state index contributed by atoms with van der Waals surface area (Å²) in [5.41, 5.74) is 0.998. The normalized spacial score (nSPS) is 21.6. The number of hydrogen-bond donors (Lipinski definition) is 2. The van der Waals surface area contributed by atoms with Crippen molar-refractivity contribution in [2.24, 2.45) is 5.92 Å². The molecule has 0 heterocycles. The number of anilines is 1. The molecule has 2 N–H and O–H groups in total. The summed E-state index contributed by atoms with van der Waals surface area (Å²) in [6, 6.07) is 8.43. The van der Waals surface area contributed by atoms with Crippen LogP contribution in [0.1, 0.15) is 46.0 Å². The average molecular weight is 306 g/mol. The van der Waals surface area contributed by atoms with Gasteiger partial charge in [0.25, 0.3) is 0 Å². The molecule has 0 saturated heterocycles. The van der Waals surface area contributed by atoms with Crippen molar-refractivity contribution in [3.63, 3.8) is 0 Å². The first kappa shape index (κ1) is 16.1. The molecule has 0 radical (unpaired) electrons. The van der Waals surface area contributed by atoms with Crippen LogP contribution >= 0.6 is 12.2 Å². The Morgan fingerprint density at radius 2 is 1.81 bits per heavy atom. The summed E-state index contributed by atoms with van der Waals surface area (Å²) in [6.45, 7) is 4.96. The molecule has 0 amide bonds. The van der Waals surface area contributed by atoms with Crippen LogP contribution in [0, 0.1) is 5.92 Å². The van der Waals surface area contributed by atoms with E-state index in [1.165, 1.54) is 32.1 Å². The molecule has 0 aromatic heterocycles. The molecule has 0 spiro atoms. The lowest BCUT2D eigenvalue weighted by molar-refractivity contribution is 0.306. The van der Waals surface area contributed by atoms with Crippen molar-refractivity contribution in [2.45, 2.75) is 52.0 Å². The zero-order valence-corrected chi connectivity index (χ0v) is 13.8. The summed E-state index contributed by atoms with van der Waals surface area (Å²) in [7, 11) is 0. The molecule has 0 aliphatic heterocycles. The topological polar surface area (TPSA) is 33.3 Å². The summed E-state index contributed by atoms with van der Waals surface area (Å²) in [4.78, 5) is 0. The van der Waals surface area contributed by atoms with E-state index in [2.05, 4.69) is 17.6 Å². The largest absolute Gasteiger partial charge is 0.494 e. The van der Waals surface area contributed by atoms with Crippen LogP contribution in [0.4, 0.5) is 5.69 Å². The van der Waals surface area contributed by atoms with Crippen LogP contribution in [-0.4, -0.2) is 17.8 Å². The van der Waals surface area contributed by atoms with Crippen molar-refractivity contribution < 1.29 is 4.74 Å². The fourth-order valence-electron chi connectivity index (χ4n) is 2.87. The molecule has 4 heteroatoms. The highest BCUT2D eigenvalue weighted by Gasteiger charge is 2.20. The van der Waals surface area contributed by atoms with Gasteiger partial charge in [0.1, 0.15) is 5.75 Å². The van der Waals surface area contributed by atoms with Crippen molar-refractivity contribution in [1.82, 2.24) is 5.32 Å². The molecule has 1 aliphatic rings. The van der Waals surface area contributed by atoms with E-state index in [-0.39, 0.29) is 0 Å². The van der Waals surface area contributed by atoms with Gasteiger partial charge in [0.15, 0.2) is 5.11 Å². The highest BCUT2D eigenvalue weighted by molar-refractivity contribution is 7.80. The lowest BCUT2D eigenvalue weighted by atomic mass is 9.85. The van der Waals surface area contributed by atoms with E-state index in [0.717, 1.165) is 22.5 Å². The Morgan fingerprint density at radius 1 is 1.14 bits per heavy atom. The molecule has 0 atom stereocenters. The molecular weight excluding hydrogens is 280 g/mol. The number of hydrogen-bond acceptors (Lipinski definition) is 2. The smallest absolute Gasteiger partial charge is 0.170 e. The second kappa shape index (κ2) is 8.23. The van der Waals surface area contributed by atoms with E-state index in [0.29, 0.717) is 12.6 Å². The summed E-state index contributed by atoms with van der Waals surface area (Å²) in [6.07, 6.45) is 6.40. The molecule has 3 nitrogen and oxygen atoms in total. The Kier molecular flexibility index (Phi) is 6.30. The van der Waals surface area contributed by atoms with E-state index >= 15 is 0 Å². The Hall–Kier alpha value is -1.29. The summed E-state index contributed by atoms with van der Waals surface area (Å²) in [5, 5.41) is 7.41. The van der Waals surface area contributed by atoms with Crippen molar-refractivity contribution in [2.75, 3.05) is 11.9 Å². The first-order valence-electron chi connectivity index (χ1n) is 8.01. The molecular formula is C17H26N2OS. The monoisotopic (exact) mass is 306 g/mol. The highest BCUT2D eigenvalue weighted by atomic mass is 32.1. The molecule has 2 rings (SSSR count). The van der Waals surface area contributed by atoms with Gasteiger partial charge >= 0.3 is 0 Å². The lowest BCUT2D eigenvalue weighted by Crippen LogP contribution is -2.39. The maximum atomic E-state index is 5.43. The lowest BCUT2D eigenvalue weighted by Gasteiger charge is -2.29. The standard InChI is InChI=1S/C17H26N2OS/c1-3-13-5-7-14(8-6-13)18-17(21)19-15-9-11-16(12-10-15)20-4-2/h9-14H,3-8H2,1-2H3,(H2,18,19,21). The van der Waals surface area contributed by atoms with E-state index in [9.17, 15) is 0 Å². The Balaban J connectivity index is 1.76. The molecule has 1 aliphatic carbocycles. The van der Waals surface area contributed by atoms with Crippen LogP contribution in [0.2, 0.25) is 0 Å². The average Bonchev–Trinajstić information content (AvgIpc) is 2.50. The third-order valence-electron chi connectivity index (χ3n) is 4.18. The maximum absolute atomic E-state index is 5.43. The quantitative estimate of drug-likeness (QED) is 0.793. The van der Waals surface area contributed by atoms with Gasteiger partial charge < -0.3 is 15.4 Å². The van der Waals surface area contributed by atoms with Crippen LogP contribution in [0.5, 0.6) is 5.75 Å². The molecule has 1 saturated carbocycles. The predicted molar refractivity (Wildman–Crippen MR) is 93.0 cm³/mol. The van der Waals surface area contributed by atoms with Crippen molar-refractivity contribution in [3.05, 3.63) is 24.3 Å². The van der Waals surface area contributed by atoms with Crippen LogP contribution < -0.4 is 15.4 Å². The third kappa shape index (κ3) is 5.20. The van der Waals surface area contributed by atoms with Gasteiger partial charge in [0, 0.05) is 11.7 Å². The molecule has 1 aromatic rings. The Morgan fingerprint density at radius 3 is 2.38 bits per heavy atom. The molecule has 116 valence electrons. The van der Waals surface area contributed by atoms with Crippen LogP contribution in [0.25, 0.3) is 0 Å². The number of benzene rings is 1. The zero-order chi connectivity index (χ0) is 15.1. The van der Waals surface area contributed by atoms with E-state index in [4.69, 9.17) is 17.0 Å².